The molecule has 1 aliphatic heterocycles. The minimum atomic E-state index is -4.57. The fourth-order valence-corrected chi connectivity index (χ4v) is 3.13. The molecule has 0 aliphatic carbocycles. The van der Waals surface area contributed by atoms with Gasteiger partial charge in [0.2, 0.25) is 10.1 Å². The number of anilines is 1. The highest BCUT2D eigenvalue weighted by molar-refractivity contribution is 7.15. The number of rotatable bonds is 3. The molecule has 0 unspecified atom stereocenters. The van der Waals surface area contributed by atoms with E-state index in [-0.39, 0.29) is 17.5 Å². The third kappa shape index (κ3) is 3.52. The Morgan fingerprint density at radius 3 is 2.58 bits per heavy atom. The second-order valence-corrected chi connectivity index (χ2v) is 6.07. The molecule has 0 radical (unpaired) electrons. The first-order valence-corrected chi connectivity index (χ1v) is 7.66. The Bertz CT molecular complexity index is 683. The summed E-state index contributed by atoms with van der Waals surface area (Å²) >= 11 is 0.304. The molecule has 1 amide bonds. The number of piperidine rings is 1. The number of nitrogens with zero attached hydrogens (tertiary/aromatic N) is 4. The topological polar surface area (TPSA) is 84.7 Å². The molecule has 0 bridgehead atoms. The zero-order chi connectivity index (χ0) is 16.5. The summed E-state index contributed by atoms with van der Waals surface area (Å²) in [7, 11) is 0. The van der Waals surface area contributed by atoms with Gasteiger partial charge >= 0.3 is 6.18 Å². The Morgan fingerprint density at radius 2 is 2.04 bits per heavy atom. The van der Waals surface area contributed by atoms with E-state index in [1.54, 1.807) is 23.1 Å². The van der Waals surface area contributed by atoms with E-state index in [1.165, 1.54) is 0 Å². The van der Waals surface area contributed by atoms with Crippen molar-refractivity contribution in [2.45, 2.75) is 24.6 Å². The molecule has 0 aromatic carbocycles. The Kier molecular flexibility index (Phi) is 5.45. The fourth-order valence-electron chi connectivity index (χ4n) is 2.52. The van der Waals surface area contributed by atoms with Crippen LogP contribution in [0.4, 0.5) is 18.3 Å². The molecular weight excluding hydrogens is 369 g/mol. The van der Waals surface area contributed by atoms with E-state index in [2.05, 4.69) is 25.9 Å². The molecule has 3 heterocycles. The van der Waals surface area contributed by atoms with Crippen LogP contribution in [0.5, 0.6) is 0 Å². The molecule has 132 valence electrons. The Balaban J connectivity index is 0.00000208. The standard InChI is InChI=1S/C12H13F3N6OS.ClH/c13-12(14,15)9-19-20-10(23-9)18-8(22)11(2-5-16-6-3-11)21-7-1-4-17-21;/h1,4,7,16H,2-3,5-6H2,(H,18,20,22);1H. The lowest BCUT2D eigenvalue weighted by molar-refractivity contribution is -0.138. The van der Waals surface area contributed by atoms with Gasteiger partial charge in [-0.25, -0.2) is 0 Å². The zero-order valence-electron chi connectivity index (χ0n) is 12.2. The maximum atomic E-state index is 12.7. The summed E-state index contributed by atoms with van der Waals surface area (Å²) in [6.07, 6.45) is -0.387. The fraction of sp³-hybridized carbons (Fsp3) is 0.500. The van der Waals surface area contributed by atoms with Gasteiger partial charge in [-0.1, -0.05) is 11.3 Å². The van der Waals surface area contributed by atoms with Crippen LogP contribution in [0, 0.1) is 0 Å². The molecule has 0 spiro atoms. The van der Waals surface area contributed by atoms with Crippen molar-refractivity contribution in [2.24, 2.45) is 0 Å². The minimum absolute atomic E-state index is 0. The summed E-state index contributed by atoms with van der Waals surface area (Å²) in [6.45, 7) is 1.22. The number of nitrogens with one attached hydrogen (secondary N) is 2. The number of carbonyl (C=O) groups excluding carboxylic acids is 1. The average Bonchev–Trinajstić information content (AvgIpc) is 3.19. The third-order valence-corrected chi connectivity index (χ3v) is 4.57. The van der Waals surface area contributed by atoms with Gasteiger partial charge in [-0.3, -0.25) is 14.8 Å². The molecule has 2 aromatic heterocycles. The number of hydrogen-bond acceptors (Lipinski definition) is 6. The summed E-state index contributed by atoms with van der Waals surface area (Å²) < 4.78 is 39.2. The van der Waals surface area contributed by atoms with Gasteiger partial charge in [-0.05, 0) is 32.0 Å². The van der Waals surface area contributed by atoms with Crippen molar-refractivity contribution in [1.29, 1.82) is 0 Å². The molecule has 2 aromatic rings. The number of aromatic nitrogens is 4. The van der Waals surface area contributed by atoms with Crippen LogP contribution in [-0.4, -0.2) is 39.0 Å². The maximum Gasteiger partial charge on any atom is 0.445 e. The predicted octanol–water partition coefficient (Wildman–Crippen LogP) is 1.89. The normalized spacial score (nSPS) is 17.1. The Morgan fingerprint density at radius 1 is 1.33 bits per heavy atom. The first-order valence-electron chi connectivity index (χ1n) is 6.85. The highest BCUT2D eigenvalue weighted by Gasteiger charge is 2.43. The van der Waals surface area contributed by atoms with Crippen LogP contribution in [0.2, 0.25) is 0 Å². The quantitative estimate of drug-likeness (QED) is 0.846. The number of hydrogen-bond donors (Lipinski definition) is 2. The van der Waals surface area contributed by atoms with E-state index < -0.39 is 22.6 Å². The summed E-state index contributed by atoms with van der Waals surface area (Å²) in [5, 5.41) is 14.9. The Labute approximate surface area is 145 Å². The third-order valence-electron chi connectivity index (χ3n) is 3.68. The molecule has 0 saturated carbocycles. The van der Waals surface area contributed by atoms with Crippen molar-refractivity contribution in [3.63, 3.8) is 0 Å². The molecule has 24 heavy (non-hydrogen) atoms. The molecule has 1 fully saturated rings. The molecule has 12 heteroatoms. The van der Waals surface area contributed by atoms with Gasteiger partial charge in [0.25, 0.3) is 5.91 Å². The largest absolute Gasteiger partial charge is 0.445 e. The SMILES string of the molecule is Cl.O=C(Nc1nnc(C(F)(F)F)s1)C1(n2cccn2)CCNCC1. The monoisotopic (exact) mass is 382 g/mol. The van der Waals surface area contributed by atoms with Crippen LogP contribution < -0.4 is 10.6 Å². The van der Waals surface area contributed by atoms with Crippen molar-refractivity contribution < 1.29 is 18.0 Å². The molecule has 1 aliphatic rings. The highest BCUT2D eigenvalue weighted by Crippen LogP contribution is 2.34. The second kappa shape index (κ2) is 7.03. The number of carbonyl (C=O) groups is 1. The lowest BCUT2D eigenvalue weighted by atomic mass is 9.87. The van der Waals surface area contributed by atoms with Gasteiger partial charge in [0, 0.05) is 12.4 Å². The Hall–Kier alpha value is -1.72. The summed E-state index contributed by atoms with van der Waals surface area (Å²) in [5.74, 6) is -0.437. The second-order valence-electron chi connectivity index (χ2n) is 5.10. The van der Waals surface area contributed by atoms with Gasteiger partial charge in [0.05, 0.1) is 0 Å². The van der Waals surface area contributed by atoms with Gasteiger partial charge in [-0.2, -0.15) is 18.3 Å². The molecule has 3 rings (SSSR count). The number of halogens is 4. The van der Waals surface area contributed by atoms with E-state index in [9.17, 15) is 18.0 Å². The van der Waals surface area contributed by atoms with Crippen LogP contribution in [0.15, 0.2) is 18.5 Å². The predicted molar refractivity (Wildman–Crippen MR) is 83.1 cm³/mol. The van der Waals surface area contributed by atoms with Crippen LogP contribution in [-0.2, 0) is 16.5 Å². The highest BCUT2D eigenvalue weighted by atomic mass is 35.5. The minimum Gasteiger partial charge on any atom is -0.317 e. The summed E-state index contributed by atoms with van der Waals surface area (Å²) in [4.78, 5) is 12.7. The van der Waals surface area contributed by atoms with Crippen LogP contribution in [0.1, 0.15) is 17.8 Å². The first kappa shape index (κ1) is 18.6. The van der Waals surface area contributed by atoms with E-state index >= 15 is 0 Å². The van der Waals surface area contributed by atoms with Crippen molar-refractivity contribution in [3.05, 3.63) is 23.5 Å². The molecular formula is C12H14ClF3N6OS. The molecule has 1 saturated heterocycles. The molecule has 2 N–H and O–H groups in total. The number of alkyl halides is 3. The first-order chi connectivity index (χ1) is 10.9. The average molecular weight is 383 g/mol. The van der Waals surface area contributed by atoms with Crippen LogP contribution in [0.25, 0.3) is 0 Å². The smallest absolute Gasteiger partial charge is 0.317 e. The van der Waals surface area contributed by atoms with Crippen molar-refractivity contribution >= 4 is 34.8 Å². The van der Waals surface area contributed by atoms with E-state index in [0.717, 1.165) is 0 Å². The number of amides is 1. The van der Waals surface area contributed by atoms with Crippen molar-refractivity contribution in [2.75, 3.05) is 18.4 Å². The lowest BCUT2D eigenvalue weighted by Gasteiger charge is -2.36. The summed E-state index contributed by atoms with van der Waals surface area (Å²) in [6, 6.07) is 1.70. The maximum absolute atomic E-state index is 12.7. The van der Waals surface area contributed by atoms with Gasteiger partial charge < -0.3 is 5.32 Å². The van der Waals surface area contributed by atoms with Crippen LogP contribution in [0.3, 0.4) is 0 Å². The van der Waals surface area contributed by atoms with Gasteiger partial charge in [0.15, 0.2) is 0 Å². The lowest BCUT2D eigenvalue weighted by Crippen LogP contribution is -2.52. The van der Waals surface area contributed by atoms with Gasteiger partial charge in [0.1, 0.15) is 5.54 Å². The van der Waals surface area contributed by atoms with E-state index in [4.69, 9.17) is 0 Å². The van der Waals surface area contributed by atoms with E-state index in [0.29, 0.717) is 37.3 Å². The zero-order valence-corrected chi connectivity index (χ0v) is 13.8. The van der Waals surface area contributed by atoms with E-state index in [1.807, 2.05) is 0 Å². The van der Waals surface area contributed by atoms with Crippen molar-refractivity contribution in [3.8, 4) is 0 Å². The summed E-state index contributed by atoms with van der Waals surface area (Å²) in [5.41, 5.74) is -0.946. The molecule has 7 nitrogen and oxygen atoms in total. The van der Waals surface area contributed by atoms with Gasteiger partial charge in [-0.15, -0.1) is 22.6 Å². The van der Waals surface area contributed by atoms with Crippen molar-refractivity contribution in [1.82, 2.24) is 25.3 Å². The molecule has 0 atom stereocenters. The van der Waals surface area contributed by atoms with Crippen LogP contribution >= 0.6 is 23.7 Å².